The van der Waals surface area contributed by atoms with Crippen LogP contribution in [0, 0.1) is 0 Å². The lowest BCUT2D eigenvalue weighted by molar-refractivity contribution is 0.122. The van der Waals surface area contributed by atoms with Gasteiger partial charge in [0, 0.05) is 12.0 Å². The number of ether oxygens (including phenoxy) is 1. The van der Waals surface area contributed by atoms with Gasteiger partial charge < -0.3 is 9.84 Å². The van der Waals surface area contributed by atoms with Gasteiger partial charge in [0.1, 0.15) is 12.4 Å². The van der Waals surface area contributed by atoms with E-state index in [1.165, 1.54) is 44.5 Å². The summed E-state index contributed by atoms with van der Waals surface area (Å²) in [5.41, 5.74) is 10.3. The van der Waals surface area contributed by atoms with E-state index < -0.39 is 6.10 Å². The van der Waals surface area contributed by atoms with Gasteiger partial charge in [0.25, 0.3) is 0 Å². The average Bonchev–Trinajstić information content (AvgIpc) is 3.18. The Labute approximate surface area is 183 Å². The topological polar surface area (TPSA) is 29.5 Å². The fraction of sp³-hybridized carbons (Fsp3) is 0.172. The van der Waals surface area contributed by atoms with E-state index >= 15 is 0 Å². The Hall–Kier alpha value is -3.36. The lowest BCUT2D eigenvalue weighted by atomic mass is 9.89. The van der Waals surface area contributed by atoms with Gasteiger partial charge in [-0.05, 0) is 58.4 Å². The molecule has 0 bridgehead atoms. The maximum Gasteiger partial charge on any atom is 0.123 e. The molecule has 0 spiro atoms. The first kappa shape index (κ1) is 19.6. The Morgan fingerprint density at radius 1 is 0.742 bits per heavy atom. The molecule has 0 heterocycles. The maximum atomic E-state index is 9.78. The molecule has 5 rings (SSSR count). The van der Waals surface area contributed by atoms with Crippen molar-refractivity contribution in [3.63, 3.8) is 0 Å². The van der Waals surface area contributed by atoms with E-state index in [9.17, 15) is 5.11 Å². The van der Waals surface area contributed by atoms with Crippen LogP contribution in [0.15, 0.2) is 91.0 Å². The zero-order chi connectivity index (χ0) is 21.2. The number of hydrogen-bond donors (Lipinski definition) is 1. The third kappa shape index (κ3) is 3.87. The third-order valence-corrected chi connectivity index (χ3v) is 5.98. The smallest absolute Gasteiger partial charge is 0.123 e. The van der Waals surface area contributed by atoms with Crippen molar-refractivity contribution in [2.24, 2.45) is 0 Å². The summed E-state index contributed by atoms with van der Waals surface area (Å²) in [6.45, 7) is 2.03. The average molecular weight is 407 g/mol. The van der Waals surface area contributed by atoms with Crippen LogP contribution in [0.5, 0.6) is 5.75 Å². The zero-order valence-electron chi connectivity index (χ0n) is 17.7. The van der Waals surface area contributed by atoms with Crippen molar-refractivity contribution < 1.29 is 9.84 Å². The minimum atomic E-state index is -0.510. The van der Waals surface area contributed by atoms with Crippen LogP contribution in [0.4, 0.5) is 0 Å². The second-order valence-electron chi connectivity index (χ2n) is 8.27. The third-order valence-electron chi connectivity index (χ3n) is 5.98. The van der Waals surface area contributed by atoms with Crippen LogP contribution in [0.2, 0.25) is 0 Å². The number of fused-ring (bicyclic) bond motifs is 3. The first-order valence-electron chi connectivity index (χ1n) is 10.9. The maximum absolute atomic E-state index is 9.78. The highest BCUT2D eigenvalue weighted by molar-refractivity contribution is 5.86. The van der Waals surface area contributed by atoms with Crippen LogP contribution in [-0.2, 0) is 12.8 Å². The number of hydrogen-bond acceptors (Lipinski definition) is 2. The van der Waals surface area contributed by atoms with Gasteiger partial charge in [-0.15, -0.1) is 0 Å². The van der Waals surface area contributed by atoms with Gasteiger partial charge in [-0.25, -0.2) is 0 Å². The van der Waals surface area contributed by atoms with Crippen molar-refractivity contribution >= 4 is 0 Å². The van der Waals surface area contributed by atoms with Crippen molar-refractivity contribution in [2.45, 2.75) is 25.9 Å². The van der Waals surface area contributed by atoms with Gasteiger partial charge in [-0.3, -0.25) is 0 Å². The number of aliphatic hydroxyl groups excluding tert-OH is 1. The molecule has 0 aliphatic heterocycles. The van der Waals surface area contributed by atoms with E-state index in [0.717, 1.165) is 18.6 Å². The molecule has 1 aliphatic rings. The first-order chi connectivity index (χ1) is 15.2. The Bertz CT molecular complexity index is 1210. The summed E-state index contributed by atoms with van der Waals surface area (Å²) >= 11 is 0. The standard InChI is InChI=1S/C29H26O2/c1-20(30)19-31-29-16-8-15-26(28(29)17-21-9-3-2-4-10-21)25-14-7-13-24-23-12-6-5-11-22(23)18-27(24)25/h2-16,20,30H,17-19H2,1H3. The summed E-state index contributed by atoms with van der Waals surface area (Å²) in [7, 11) is 0. The fourth-order valence-electron chi connectivity index (χ4n) is 4.56. The van der Waals surface area contributed by atoms with Gasteiger partial charge in [-0.2, -0.15) is 0 Å². The lowest BCUT2D eigenvalue weighted by Crippen LogP contribution is -2.14. The number of benzene rings is 4. The summed E-state index contributed by atoms with van der Waals surface area (Å²) < 4.78 is 6.06. The second kappa shape index (κ2) is 8.41. The van der Waals surface area contributed by atoms with E-state index in [-0.39, 0.29) is 6.61 Å². The van der Waals surface area contributed by atoms with Crippen LogP contribution >= 0.6 is 0 Å². The van der Waals surface area contributed by atoms with Crippen molar-refractivity contribution in [3.05, 3.63) is 113 Å². The SMILES string of the molecule is CC(O)COc1cccc(-c2cccc3c2Cc2ccccc2-3)c1Cc1ccccc1. The van der Waals surface area contributed by atoms with E-state index in [0.29, 0.717) is 0 Å². The molecule has 0 aromatic heterocycles. The highest BCUT2D eigenvalue weighted by Crippen LogP contribution is 2.43. The second-order valence-corrected chi connectivity index (χ2v) is 8.27. The molecule has 0 saturated heterocycles. The largest absolute Gasteiger partial charge is 0.491 e. The molecule has 31 heavy (non-hydrogen) atoms. The molecule has 1 unspecified atom stereocenters. The van der Waals surface area contributed by atoms with Gasteiger partial charge in [0.15, 0.2) is 0 Å². The minimum absolute atomic E-state index is 0.281. The number of rotatable bonds is 6. The molecular formula is C29H26O2. The molecule has 1 N–H and O–H groups in total. The molecule has 4 aromatic carbocycles. The predicted molar refractivity (Wildman–Crippen MR) is 127 cm³/mol. The Kier molecular flexibility index (Phi) is 5.31. The summed E-state index contributed by atoms with van der Waals surface area (Å²) in [5.74, 6) is 0.843. The normalized spacial score (nSPS) is 12.8. The van der Waals surface area contributed by atoms with Crippen LogP contribution in [0.1, 0.15) is 29.2 Å². The Morgan fingerprint density at radius 3 is 2.19 bits per heavy atom. The van der Waals surface area contributed by atoms with E-state index in [1.807, 2.05) is 12.1 Å². The summed E-state index contributed by atoms with van der Waals surface area (Å²) in [6.07, 6.45) is 1.22. The van der Waals surface area contributed by atoms with Crippen LogP contribution in [0.25, 0.3) is 22.3 Å². The van der Waals surface area contributed by atoms with Crippen molar-refractivity contribution in [3.8, 4) is 28.0 Å². The molecule has 0 radical (unpaired) electrons. The van der Waals surface area contributed by atoms with Gasteiger partial charge in [-0.1, -0.05) is 84.9 Å². The molecular weight excluding hydrogens is 380 g/mol. The molecule has 2 nitrogen and oxygen atoms in total. The van der Waals surface area contributed by atoms with Gasteiger partial charge in [0.05, 0.1) is 6.10 Å². The minimum Gasteiger partial charge on any atom is -0.491 e. The van der Waals surface area contributed by atoms with Gasteiger partial charge in [0.2, 0.25) is 0 Å². The van der Waals surface area contributed by atoms with Crippen LogP contribution in [-0.4, -0.2) is 17.8 Å². The Morgan fingerprint density at radius 2 is 1.39 bits per heavy atom. The molecule has 1 atom stereocenters. The molecule has 154 valence electrons. The quantitative estimate of drug-likeness (QED) is 0.360. The van der Waals surface area contributed by atoms with E-state index in [4.69, 9.17) is 4.74 Å². The Balaban J connectivity index is 1.64. The summed E-state index contributed by atoms with van der Waals surface area (Å²) in [5, 5.41) is 9.78. The van der Waals surface area contributed by atoms with Crippen LogP contribution < -0.4 is 4.74 Å². The highest BCUT2D eigenvalue weighted by Gasteiger charge is 2.23. The molecule has 1 aliphatic carbocycles. The van der Waals surface area contributed by atoms with Gasteiger partial charge >= 0.3 is 0 Å². The molecule has 2 heteroatoms. The molecule has 0 saturated carbocycles. The van der Waals surface area contributed by atoms with E-state index in [1.54, 1.807) is 6.92 Å². The lowest BCUT2D eigenvalue weighted by Gasteiger charge is -2.19. The van der Waals surface area contributed by atoms with Crippen molar-refractivity contribution in [2.75, 3.05) is 6.61 Å². The molecule has 0 fully saturated rings. The fourth-order valence-corrected chi connectivity index (χ4v) is 4.56. The zero-order valence-corrected chi connectivity index (χ0v) is 17.7. The first-order valence-corrected chi connectivity index (χ1v) is 10.9. The summed E-state index contributed by atoms with van der Waals surface area (Å²) in [6, 6.07) is 32.1. The number of aliphatic hydroxyl groups is 1. The van der Waals surface area contributed by atoms with Crippen molar-refractivity contribution in [1.82, 2.24) is 0 Å². The van der Waals surface area contributed by atoms with Crippen molar-refractivity contribution in [1.29, 1.82) is 0 Å². The highest BCUT2D eigenvalue weighted by atomic mass is 16.5. The monoisotopic (exact) mass is 406 g/mol. The molecule has 4 aromatic rings. The molecule has 0 amide bonds. The predicted octanol–water partition coefficient (Wildman–Crippen LogP) is 6.28. The summed E-state index contributed by atoms with van der Waals surface area (Å²) in [4.78, 5) is 0. The van der Waals surface area contributed by atoms with Crippen LogP contribution in [0.3, 0.4) is 0 Å². The van der Waals surface area contributed by atoms with E-state index in [2.05, 4.69) is 78.9 Å².